The molecule has 1 N–H and O–H groups in total. The summed E-state index contributed by atoms with van der Waals surface area (Å²) in [6, 6.07) is 3.00. The number of hydrogen-bond acceptors (Lipinski definition) is 4. The van der Waals surface area contributed by atoms with E-state index in [1.165, 1.54) is 12.3 Å². The third-order valence-electron chi connectivity index (χ3n) is 5.16. The van der Waals surface area contributed by atoms with Crippen LogP contribution in [-0.4, -0.2) is 51.0 Å². The van der Waals surface area contributed by atoms with Crippen molar-refractivity contribution >= 4 is 51.7 Å². The van der Waals surface area contributed by atoms with Gasteiger partial charge in [0.1, 0.15) is 15.7 Å². The SMILES string of the molecule is O=C(O)c1cn(C2CC2)c2cc(N3CCN(C(=S)S)CC3)c(F)cc2c1=O. The number of anilines is 1. The highest BCUT2D eigenvalue weighted by Crippen LogP contribution is 2.38. The van der Waals surface area contributed by atoms with Crippen molar-refractivity contribution in [2.24, 2.45) is 0 Å². The Hall–Kier alpha value is -2.13. The fraction of sp³-hybridized carbons (Fsp3) is 0.389. The molecule has 9 heteroatoms. The van der Waals surface area contributed by atoms with Gasteiger partial charge in [0.15, 0.2) is 0 Å². The van der Waals surface area contributed by atoms with E-state index in [1.807, 2.05) is 14.4 Å². The summed E-state index contributed by atoms with van der Waals surface area (Å²) in [7, 11) is 0. The second-order valence-electron chi connectivity index (χ2n) is 6.89. The third-order valence-corrected chi connectivity index (χ3v) is 5.70. The van der Waals surface area contributed by atoms with Crippen molar-refractivity contribution in [1.29, 1.82) is 0 Å². The molecule has 1 saturated carbocycles. The highest BCUT2D eigenvalue weighted by Gasteiger charge is 2.28. The van der Waals surface area contributed by atoms with Crippen LogP contribution < -0.4 is 10.3 Å². The third kappa shape index (κ3) is 3.29. The second-order valence-corrected chi connectivity index (χ2v) is 8.01. The lowest BCUT2D eigenvalue weighted by Gasteiger charge is -2.36. The zero-order chi connectivity index (χ0) is 19.3. The number of nitrogens with zero attached hydrogens (tertiary/aromatic N) is 3. The van der Waals surface area contributed by atoms with Gasteiger partial charge in [-0.25, -0.2) is 9.18 Å². The van der Waals surface area contributed by atoms with E-state index >= 15 is 0 Å². The fourth-order valence-electron chi connectivity index (χ4n) is 3.55. The zero-order valence-corrected chi connectivity index (χ0v) is 16.1. The standard InChI is InChI=1S/C18H18FN3O3S2/c19-13-7-11-14(8-15(13)20-3-5-21(6-4-20)18(26)27)22(10-1-2-10)9-12(16(11)23)17(24)25/h7-10H,1-6H2,(H,24,25)(H,26,27). The van der Waals surface area contributed by atoms with Gasteiger partial charge in [0.2, 0.25) is 5.43 Å². The maximum atomic E-state index is 14.8. The summed E-state index contributed by atoms with van der Waals surface area (Å²) in [6.45, 7) is 2.47. The van der Waals surface area contributed by atoms with Crippen molar-refractivity contribution in [2.75, 3.05) is 31.1 Å². The predicted molar refractivity (Wildman–Crippen MR) is 109 cm³/mol. The maximum absolute atomic E-state index is 14.8. The van der Waals surface area contributed by atoms with Gasteiger partial charge in [-0.3, -0.25) is 4.79 Å². The normalized spacial score (nSPS) is 17.4. The number of hydrogen-bond donors (Lipinski definition) is 2. The number of carboxylic acid groups (broad SMARTS) is 1. The minimum absolute atomic E-state index is 0.109. The number of fused-ring (bicyclic) bond motifs is 1. The number of carboxylic acids is 1. The molecule has 2 heterocycles. The highest BCUT2D eigenvalue weighted by atomic mass is 32.1. The fourth-order valence-corrected chi connectivity index (χ4v) is 3.93. The molecule has 4 rings (SSSR count). The first kappa shape index (κ1) is 18.2. The van der Waals surface area contributed by atoms with Gasteiger partial charge in [-0.05, 0) is 25.0 Å². The number of thiocarbonyl (C=S) groups is 1. The summed E-state index contributed by atoms with van der Waals surface area (Å²) < 4.78 is 17.2. The van der Waals surface area contributed by atoms with Gasteiger partial charge in [-0.15, -0.1) is 12.6 Å². The highest BCUT2D eigenvalue weighted by molar-refractivity contribution is 8.10. The van der Waals surface area contributed by atoms with Crippen molar-refractivity contribution < 1.29 is 14.3 Å². The van der Waals surface area contributed by atoms with Gasteiger partial charge in [0.05, 0.1) is 11.2 Å². The topological polar surface area (TPSA) is 65.8 Å². The van der Waals surface area contributed by atoms with Crippen molar-refractivity contribution in [3.8, 4) is 0 Å². The number of piperazine rings is 1. The van der Waals surface area contributed by atoms with Crippen LogP contribution in [0.3, 0.4) is 0 Å². The number of benzene rings is 1. The molecule has 2 aromatic rings. The quantitative estimate of drug-likeness (QED) is 0.602. The van der Waals surface area contributed by atoms with Crippen LogP contribution in [0.25, 0.3) is 10.9 Å². The summed E-state index contributed by atoms with van der Waals surface area (Å²) in [4.78, 5) is 27.8. The van der Waals surface area contributed by atoms with E-state index in [9.17, 15) is 19.1 Å². The van der Waals surface area contributed by atoms with Gasteiger partial charge in [0.25, 0.3) is 0 Å². The molecule has 1 aromatic carbocycles. The van der Waals surface area contributed by atoms with E-state index < -0.39 is 17.2 Å². The number of aromatic carboxylic acids is 1. The molecular formula is C18H18FN3O3S2. The van der Waals surface area contributed by atoms with Crippen molar-refractivity contribution in [1.82, 2.24) is 9.47 Å². The van der Waals surface area contributed by atoms with Crippen LogP contribution >= 0.6 is 24.8 Å². The largest absolute Gasteiger partial charge is 0.477 e. The molecule has 1 aliphatic heterocycles. The maximum Gasteiger partial charge on any atom is 0.341 e. The molecule has 1 saturated heterocycles. The van der Waals surface area contributed by atoms with Crippen LogP contribution in [0.15, 0.2) is 23.1 Å². The number of pyridine rings is 1. The first-order chi connectivity index (χ1) is 12.9. The average molecular weight is 407 g/mol. The first-order valence-electron chi connectivity index (χ1n) is 8.71. The minimum atomic E-state index is -1.29. The molecule has 1 aromatic heterocycles. The van der Waals surface area contributed by atoms with E-state index in [0.29, 0.717) is 41.7 Å². The summed E-state index contributed by atoms with van der Waals surface area (Å²) >= 11 is 9.26. The van der Waals surface area contributed by atoms with E-state index in [2.05, 4.69) is 12.6 Å². The second kappa shape index (κ2) is 6.79. The number of aromatic nitrogens is 1. The van der Waals surface area contributed by atoms with Gasteiger partial charge >= 0.3 is 5.97 Å². The molecule has 0 atom stereocenters. The Morgan fingerprint density at radius 1 is 1.22 bits per heavy atom. The Morgan fingerprint density at radius 2 is 1.89 bits per heavy atom. The zero-order valence-electron chi connectivity index (χ0n) is 14.4. The smallest absolute Gasteiger partial charge is 0.341 e. The molecule has 0 unspecified atom stereocenters. The number of halogens is 1. The monoisotopic (exact) mass is 407 g/mol. The van der Waals surface area contributed by atoms with Crippen LogP contribution in [0.5, 0.6) is 0 Å². The van der Waals surface area contributed by atoms with E-state index in [1.54, 1.807) is 6.07 Å². The van der Waals surface area contributed by atoms with E-state index in [4.69, 9.17) is 12.2 Å². The average Bonchev–Trinajstić information content (AvgIpc) is 3.47. The Bertz CT molecular complexity index is 1010. The minimum Gasteiger partial charge on any atom is -0.477 e. The molecule has 142 valence electrons. The lowest BCUT2D eigenvalue weighted by atomic mass is 10.1. The lowest BCUT2D eigenvalue weighted by molar-refractivity contribution is 0.0695. The van der Waals surface area contributed by atoms with Crippen LogP contribution in [0, 0.1) is 5.82 Å². The van der Waals surface area contributed by atoms with Crippen LogP contribution in [0.1, 0.15) is 29.2 Å². The Kier molecular flexibility index (Phi) is 4.59. The van der Waals surface area contributed by atoms with Crippen molar-refractivity contribution in [3.63, 3.8) is 0 Å². The number of rotatable bonds is 3. The summed E-state index contributed by atoms with van der Waals surface area (Å²) in [6.07, 6.45) is 3.23. The van der Waals surface area contributed by atoms with Gasteiger partial charge in [-0.2, -0.15) is 0 Å². The summed E-state index contributed by atoms with van der Waals surface area (Å²) in [5.41, 5.74) is 0.0303. The molecule has 2 fully saturated rings. The Labute approximate surface area is 165 Å². The molecular weight excluding hydrogens is 389 g/mol. The van der Waals surface area contributed by atoms with E-state index in [-0.39, 0.29) is 17.0 Å². The molecule has 6 nitrogen and oxygen atoms in total. The molecule has 2 aliphatic rings. The Balaban J connectivity index is 1.80. The number of carbonyl (C=O) groups is 1. The predicted octanol–water partition coefficient (Wildman–Crippen LogP) is 2.51. The summed E-state index contributed by atoms with van der Waals surface area (Å²) in [5, 5.41) is 9.42. The molecule has 1 aliphatic carbocycles. The van der Waals surface area contributed by atoms with E-state index in [0.717, 1.165) is 12.8 Å². The summed E-state index contributed by atoms with van der Waals surface area (Å²) in [5.74, 6) is -1.81. The van der Waals surface area contributed by atoms with Crippen LogP contribution in [0.4, 0.5) is 10.1 Å². The van der Waals surface area contributed by atoms with Crippen LogP contribution in [0.2, 0.25) is 0 Å². The molecule has 0 amide bonds. The van der Waals surface area contributed by atoms with Gasteiger partial charge in [0, 0.05) is 43.8 Å². The first-order valence-corrected chi connectivity index (χ1v) is 9.57. The number of thiol groups is 1. The van der Waals surface area contributed by atoms with Crippen molar-refractivity contribution in [3.05, 3.63) is 39.9 Å². The van der Waals surface area contributed by atoms with Crippen LogP contribution in [-0.2, 0) is 0 Å². The van der Waals surface area contributed by atoms with Crippen molar-refractivity contribution in [2.45, 2.75) is 18.9 Å². The molecule has 0 radical (unpaired) electrons. The van der Waals surface area contributed by atoms with Gasteiger partial charge < -0.3 is 19.5 Å². The Morgan fingerprint density at radius 3 is 2.44 bits per heavy atom. The van der Waals surface area contributed by atoms with Gasteiger partial charge in [-0.1, -0.05) is 12.2 Å². The molecule has 27 heavy (non-hydrogen) atoms. The lowest BCUT2D eigenvalue weighted by Crippen LogP contribution is -2.47. The molecule has 0 spiro atoms. The molecule has 0 bridgehead atoms.